The minimum atomic E-state index is 0.662. The smallest absolute Gasteiger partial charge is 0.0272 e. The second-order valence-corrected chi connectivity index (χ2v) is 7.30. The largest absolute Gasteiger partial charge is 0.315 e. The Labute approximate surface area is 126 Å². The van der Waals surface area contributed by atoms with Gasteiger partial charge in [-0.1, -0.05) is 20.8 Å². The van der Waals surface area contributed by atoms with Gasteiger partial charge in [0.1, 0.15) is 0 Å². The number of hydrogen-bond donors (Lipinski definition) is 1. The average Bonchev–Trinajstić information content (AvgIpc) is 2.84. The summed E-state index contributed by atoms with van der Waals surface area (Å²) < 4.78 is 0. The fraction of sp³-hybridized carbons (Fsp3) is 1.00. The van der Waals surface area contributed by atoms with E-state index < -0.39 is 0 Å². The van der Waals surface area contributed by atoms with Crippen molar-refractivity contribution in [3.8, 4) is 0 Å². The van der Waals surface area contributed by atoms with Crippen LogP contribution >= 0.6 is 0 Å². The number of likely N-dealkylation sites (N-methyl/N-ethyl adjacent to an activating group) is 3. The fourth-order valence-corrected chi connectivity index (χ4v) is 4.84. The molecule has 0 radical (unpaired) electrons. The summed E-state index contributed by atoms with van der Waals surface area (Å²) in [5, 5.41) is 3.59. The molecule has 1 saturated heterocycles. The predicted molar refractivity (Wildman–Crippen MR) is 87.1 cm³/mol. The molecule has 20 heavy (non-hydrogen) atoms. The maximum Gasteiger partial charge on any atom is 0.0272 e. The normalized spacial score (nSPS) is 39.6. The zero-order valence-corrected chi connectivity index (χ0v) is 14.2. The van der Waals surface area contributed by atoms with Crippen molar-refractivity contribution in [2.24, 2.45) is 11.8 Å². The summed E-state index contributed by atoms with van der Waals surface area (Å²) in [4.78, 5) is 5.33. The number of nitrogens with zero attached hydrogens (tertiary/aromatic N) is 2. The van der Waals surface area contributed by atoms with Gasteiger partial charge >= 0.3 is 0 Å². The lowest BCUT2D eigenvalue weighted by Crippen LogP contribution is -2.56. The molecule has 1 heterocycles. The lowest BCUT2D eigenvalue weighted by atomic mass is 9.76. The van der Waals surface area contributed by atoms with Gasteiger partial charge in [0, 0.05) is 24.7 Å². The number of nitrogens with one attached hydrogen (secondary N) is 1. The van der Waals surface area contributed by atoms with Crippen molar-refractivity contribution in [1.29, 1.82) is 0 Å². The Morgan fingerprint density at radius 3 is 2.65 bits per heavy atom. The van der Waals surface area contributed by atoms with Crippen LogP contribution in [0.2, 0.25) is 0 Å². The van der Waals surface area contributed by atoms with Crippen molar-refractivity contribution in [2.45, 2.75) is 64.6 Å². The standard InChI is InChI=1S/C17H35N3/c1-6-20-9-7-8-15(20)12-19(5)17-14(3)10-13(2)11-16(17)18-4/h13-18H,6-12H2,1-5H3. The van der Waals surface area contributed by atoms with Crippen molar-refractivity contribution >= 4 is 0 Å². The van der Waals surface area contributed by atoms with Crippen LogP contribution in [0, 0.1) is 11.8 Å². The molecule has 1 aliphatic heterocycles. The first-order valence-electron chi connectivity index (χ1n) is 8.68. The molecule has 5 unspecified atom stereocenters. The van der Waals surface area contributed by atoms with Crippen LogP contribution in [0.15, 0.2) is 0 Å². The third-order valence-corrected chi connectivity index (χ3v) is 5.71. The van der Waals surface area contributed by atoms with Crippen LogP contribution in [0.5, 0.6) is 0 Å². The van der Waals surface area contributed by atoms with E-state index in [0.717, 1.165) is 17.9 Å². The zero-order chi connectivity index (χ0) is 14.7. The molecule has 1 aliphatic carbocycles. The summed E-state index contributed by atoms with van der Waals surface area (Å²) >= 11 is 0. The summed E-state index contributed by atoms with van der Waals surface area (Å²) in [6.45, 7) is 10.9. The molecule has 2 fully saturated rings. The molecule has 2 rings (SSSR count). The molecule has 0 aromatic rings. The molecule has 0 aromatic heterocycles. The maximum atomic E-state index is 3.59. The third kappa shape index (κ3) is 3.55. The van der Waals surface area contributed by atoms with Crippen LogP contribution in [0.25, 0.3) is 0 Å². The molecule has 2 aliphatic rings. The molecular weight excluding hydrogens is 246 g/mol. The van der Waals surface area contributed by atoms with Gasteiger partial charge in [-0.2, -0.15) is 0 Å². The first kappa shape index (κ1) is 16.3. The molecule has 0 spiro atoms. The van der Waals surface area contributed by atoms with Crippen LogP contribution < -0.4 is 5.32 Å². The Balaban J connectivity index is 1.97. The van der Waals surface area contributed by atoms with Gasteiger partial charge in [-0.25, -0.2) is 0 Å². The molecule has 3 heteroatoms. The lowest BCUT2D eigenvalue weighted by Gasteiger charge is -2.45. The first-order chi connectivity index (χ1) is 9.56. The van der Waals surface area contributed by atoms with E-state index in [1.165, 1.54) is 45.3 Å². The highest BCUT2D eigenvalue weighted by Crippen LogP contribution is 2.32. The van der Waals surface area contributed by atoms with Crippen molar-refractivity contribution in [2.75, 3.05) is 33.7 Å². The molecule has 1 N–H and O–H groups in total. The van der Waals surface area contributed by atoms with Gasteiger partial charge in [-0.15, -0.1) is 0 Å². The van der Waals surface area contributed by atoms with Crippen LogP contribution in [0.1, 0.15) is 46.5 Å². The third-order valence-electron chi connectivity index (χ3n) is 5.71. The number of rotatable bonds is 5. The minimum Gasteiger partial charge on any atom is -0.315 e. The van der Waals surface area contributed by atoms with E-state index >= 15 is 0 Å². The highest BCUT2D eigenvalue weighted by Gasteiger charge is 2.37. The van der Waals surface area contributed by atoms with Crippen LogP contribution in [-0.2, 0) is 0 Å². The van der Waals surface area contributed by atoms with Gasteiger partial charge < -0.3 is 10.2 Å². The van der Waals surface area contributed by atoms with Crippen molar-refractivity contribution < 1.29 is 0 Å². The van der Waals surface area contributed by atoms with Crippen molar-refractivity contribution in [3.63, 3.8) is 0 Å². The maximum absolute atomic E-state index is 3.59. The van der Waals surface area contributed by atoms with Gasteiger partial charge in [0.2, 0.25) is 0 Å². The summed E-state index contributed by atoms with van der Waals surface area (Å²) in [7, 11) is 4.50. The van der Waals surface area contributed by atoms with E-state index in [0.29, 0.717) is 12.1 Å². The van der Waals surface area contributed by atoms with E-state index in [1.54, 1.807) is 0 Å². The van der Waals surface area contributed by atoms with Crippen LogP contribution in [0.4, 0.5) is 0 Å². The van der Waals surface area contributed by atoms with Crippen LogP contribution in [0.3, 0.4) is 0 Å². The lowest BCUT2D eigenvalue weighted by molar-refractivity contribution is 0.0649. The quantitative estimate of drug-likeness (QED) is 0.835. The Morgan fingerprint density at radius 1 is 1.25 bits per heavy atom. The van der Waals surface area contributed by atoms with Crippen LogP contribution in [-0.4, -0.2) is 61.7 Å². The fourth-order valence-electron chi connectivity index (χ4n) is 4.84. The van der Waals surface area contributed by atoms with Gasteiger partial charge in [0.15, 0.2) is 0 Å². The average molecular weight is 281 g/mol. The van der Waals surface area contributed by atoms with Crippen molar-refractivity contribution in [3.05, 3.63) is 0 Å². The molecular formula is C17H35N3. The Bertz CT molecular complexity index is 294. The number of likely N-dealkylation sites (tertiary alicyclic amines) is 1. The second-order valence-electron chi connectivity index (χ2n) is 7.30. The molecule has 5 atom stereocenters. The summed E-state index contributed by atoms with van der Waals surface area (Å²) in [6.07, 6.45) is 5.49. The topological polar surface area (TPSA) is 18.5 Å². The first-order valence-corrected chi connectivity index (χ1v) is 8.68. The highest BCUT2D eigenvalue weighted by atomic mass is 15.2. The molecule has 0 amide bonds. The minimum absolute atomic E-state index is 0.662. The van der Waals surface area contributed by atoms with E-state index in [-0.39, 0.29) is 0 Å². The summed E-state index contributed by atoms with van der Waals surface area (Å²) in [5.74, 6) is 1.67. The van der Waals surface area contributed by atoms with E-state index in [1.807, 2.05) is 0 Å². The molecule has 0 aromatic carbocycles. The summed E-state index contributed by atoms with van der Waals surface area (Å²) in [5.41, 5.74) is 0. The second kappa shape index (κ2) is 7.24. The SMILES string of the molecule is CCN1CCCC1CN(C)C1C(C)CC(C)CC1NC. The monoisotopic (exact) mass is 281 g/mol. The summed E-state index contributed by atoms with van der Waals surface area (Å²) in [6, 6.07) is 2.15. The van der Waals surface area contributed by atoms with E-state index in [9.17, 15) is 0 Å². The van der Waals surface area contributed by atoms with E-state index in [4.69, 9.17) is 0 Å². The Kier molecular flexibility index (Phi) is 5.88. The Morgan fingerprint density at radius 2 is 2.00 bits per heavy atom. The van der Waals surface area contributed by atoms with Gasteiger partial charge in [-0.3, -0.25) is 4.90 Å². The van der Waals surface area contributed by atoms with Gasteiger partial charge in [0.25, 0.3) is 0 Å². The number of hydrogen-bond acceptors (Lipinski definition) is 3. The molecule has 3 nitrogen and oxygen atoms in total. The van der Waals surface area contributed by atoms with E-state index in [2.05, 4.69) is 50.0 Å². The van der Waals surface area contributed by atoms with Gasteiger partial charge in [0.05, 0.1) is 0 Å². The Hall–Kier alpha value is -0.120. The predicted octanol–water partition coefficient (Wildman–Crippen LogP) is 2.43. The molecule has 1 saturated carbocycles. The highest BCUT2D eigenvalue weighted by molar-refractivity contribution is 4.94. The molecule has 0 bridgehead atoms. The molecule has 118 valence electrons. The van der Waals surface area contributed by atoms with Crippen molar-refractivity contribution in [1.82, 2.24) is 15.1 Å². The van der Waals surface area contributed by atoms with Gasteiger partial charge in [-0.05, 0) is 64.7 Å². The zero-order valence-electron chi connectivity index (χ0n) is 14.2.